The van der Waals surface area contributed by atoms with Crippen LogP contribution in [0.15, 0.2) is 24.4 Å². The van der Waals surface area contributed by atoms with E-state index in [9.17, 15) is 14.4 Å². The lowest BCUT2D eigenvalue weighted by atomic mass is 10.0. The summed E-state index contributed by atoms with van der Waals surface area (Å²) in [7, 11) is 1.29. The molecule has 0 saturated heterocycles. The minimum Gasteiger partial charge on any atom is -0.464 e. The van der Waals surface area contributed by atoms with E-state index in [2.05, 4.69) is 9.97 Å². The van der Waals surface area contributed by atoms with Crippen molar-refractivity contribution < 1.29 is 19.1 Å². The van der Waals surface area contributed by atoms with Crippen molar-refractivity contribution in [2.75, 3.05) is 13.7 Å². The number of Topliss-reactive ketones (excluding diaryl/α,β-unsaturated/α-hetero) is 1. The fraction of sp³-hybridized carbons (Fsp3) is 0.400. The summed E-state index contributed by atoms with van der Waals surface area (Å²) in [5, 5.41) is 0. The number of aromatic amines is 1. The summed E-state index contributed by atoms with van der Waals surface area (Å²) in [5.41, 5.74) is 2.48. The molecule has 0 radical (unpaired) electrons. The Labute approximate surface area is 158 Å². The summed E-state index contributed by atoms with van der Waals surface area (Å²) < 4.78 is 4.74. The van der Waals surface area contributed by atoms with Gasteiger partial charge in [0.25, 0.3) is 0 Å². The largest absolute Gasteiger partial charge is 0.464 e. The number of H-pyrrole nitrogens is 1. The van der Waals surface area contributed by atoms with Crippen molar-refractivity contribution >= 4 is 17.7 Å². The molecule has 27 heavy (non-hydrogen) atoms. The first-order chi connectivity index (χ1) is 12.8. The van der Waals surface area contributed by atoms with Gasteiger partial charge in [-0.1, -0.05) is 19.9 Å². The first kappa shape index (κ1) is 20.4. The smallest absolute Gasteiger partial charge is 0.354 e. The van der Waals surface area contributed by atoms with Crippen molar-refractivity contribution in [3.8, 4) is 0 Å². The highest BCUT2D eigenvalue weighted by Crippen LogP contribution is 2.20. The average molecular weight is 371 g/mol. The Kier molecular flexibility index (Phi) is 6.50. The third-order valence-corrected chi connectivity index (χ3v) is 4.32. The van der Waals surface area contributed by atoms with Gasteiger partial charge in [0, 0.05) is 23.4 Å². The molecule has 0 saturated carbocycles. The van der Waals surface area contributed by atoms with Crippen LogP contribution in [-0.4, -0.2) is 46.2 Å². The van der Waals surface area contributed by atoms with Crippen molar-refractivity contribution in [2.24, 2.45) is 5.92 Å². The molecule has 1 N–H and O–H groups in total. The van der Waals surface area contributed by atoms with E-state index in [1.54, 1.807) is 40.0 Å². The first-order valence-corrected chi connectivity index (χ1v) is 8.75. The van der Waals surface area contributed by atoms with Crippen molar-refractivity contribution in [2.45, 2.75) is 34.2 Å². The zero-order chi connectivity index (χ0) is 20.1. The van der Waals surface area contributed by atoms with E-state index in [1.807, 2.05) is 12.1 Å². The predicted molar refractivity (Wildman–Crippen MR) is 100 cm³/mol. The van der Waals surface area contributed by atoms with Gasteiger partial charge < -0.3 is 14.6 Å². The summed E-state index contributed by atoms with van der Waals surface area (Å²) in [4.78, 5) is 46.1. The van der Waals surface area contributed by atoms with E-state index in [-0.39, 0.29) is 36.4 Å². The molecular weight excluding hydrogens is 346 g/mol. The van der Waals surface area contributed by atoms with E-state index in [4.69, 9.17) is 4.74 Å². The molecule has 0 spiro atoms. The molecule has 2 aromatic heterocycles. The number of aromatic nitrogens is 2. The number of esters is 1. The van der Waals surface area contributed by atoms with Gasteiger partial charge >= 0.3 is 5.97 Å². The quantitative estimate of drug-likeness (QED) is 0.597. The number of nitrogens with zero attached hydrogens (tertiary/aromatic N) is 2. The van der Waals surface area contributed by atoms with Crippen LogP contribution in [0.5, 0.6) is 0 Å². The molecule has 0 aromatic carbocycles. The first-order valence-electron chi connectivity index (χ1n) is 8.75. The number of ether oxygens (including phenoxy) is 1. The molecule has 0 aliphatic carbocycles. The molecule has 2 heterocycles. The number of ketones is 1. The SMILES string of the molecule is COC(=O)c1[nH]c(C)c(C(=O)CN(Cc2ccccn2)C(=O)C(C)C)c1C. The third-order valence-electron chi connectivity index (χ3n) is 4.32. The van der Waals surface area contributed by atoms with Gasteiger partial charge in [0.15, 0.2) is 5.78 Å². The molecule has 0 fully saturated rings. The Hall–Kier alpha value is -2.96. The molecule has 2 aromatic rings. The molecule has 7 nitrogen and oxygen atoms in total. The van der Waals surface area contributed by atoms with E-state index < -0.39 is 5.97 Å². The van der Waals surface area contributed by atoms with Crippen molar-refractivity contribution in [3.63, 3.8) is 0 Å². The Bertz CT molecular complexity index is 840. The number of nitrogens with one attached hydrogen (secondary N) is 1. The Morgan fingerprint density at radius 2 is 1.93 bits per heavy atom. The van der Waals surface area contributed by atoms with Crippen LogP contribution in [0.2, 0.25) is 0 Å². The lowest BCUT2D eigenvalue weighted by molar-refractivity contribution is -0.134. The van der Waals surface area contributed by atoms with Gasteiger partial charge in [-0.2, -0.15) is 0 Å². The van der Waals surface area contributed by atoms with Crippen LogP contribution in [0.3, 0.4) is 0 Å². The zero-order valence-corrected chi connectivity index (χ0v) is 16.3. The highest BCUT2D eigenvalue weighted by Gasteiger charge is 2.26. The fourth-order valence-corrected chi connectivity index (χ4v) is 2.99. The van der Waals surface area contributed by atoms with Gasteiger partial charge in [0.1, 0.15) is 5.69 Å². The van der Waals surface area contributed by atoms with Crippen molar-refractivity contribution in [1.29, 1.82) is 0 Å². The summed E-state index contributed by atoms with van der Waals surface area (Å²) >= 11 is 0. The molecule has 144 valence electrons. The lowest BCUT2D eigenvalue weighted by Gasteiger charge is -2.23. The van der Waals surface area contributed by atoms with Crippen LogP contribution in [0.25, 0.3) is 0 Å². The highest BCUT2D eigenvalue weighted by atomic mass is 16.5. The second-order valence-corrected chi connectivity index (χ2v) is 6.71. The number of aryl methyl sites for hydroxylation is 1. The molecule has 0 aliphatic heterocycles. The minimum atomic E-state index is -0.529. The predicted octanol–water partition coefficient (Wildman–Crippen LogP) is 2.68. The number of carbonyl (C=O) groups is 3. The van der Waals surface area contributed by atoms with E-state index in [0.717, 1.165) is 0 Å². The number of hydrogen-bond donors (Lipinski definition) is 1. The number of amides is 1. The summed E-state index contributed by atoms with van der Waals surface area (Å²) in [6.45, 7) is 7.15. The van der Waals surface area contributed by atoms with Crippen LogP contribution < -0.4 is 0 Å². The van der Waals surface area contributed by atoms with Crippen LogP contribution in [0.1, 0.15) is 51.6 Å². The van der Waals surface area contributed by atoms with Crippen LogP contribution >= 0.6 is 0 Å². The van der Waals surface area contributed by atoms with Gasteiger partial charge in [-0.25, -0.2) is 4.79 Å². The summed E-state index contributed by atoms with van der Waals surface area (Å²) in [5.74, 6) is -1.15. The molecule has 0 aliphatic rings. The van der Waals surface area contributed by atoms with E-state index >= 15 is 0 Å². The molecule has 0 bridgehead atoms. The molecule has 0 atom stereocenters. The summed E-state index contributed by atoms with van der Waals surface area (Å²) in [6, 6.07) is 5.45. The minimum absolute atomic E-state index is 0.0896. The van der Waals surface area contributed by atoms with Crippen LogP contribution in [0, 0.1) is 19.8 Å². The topological polar surface area (TPSA) is 92.4 Å². The van der Waals surface area contributed by atoms with Gasteiger partial charge in [-0.3, -0.25) is 14.6 Å². The molecule has 2 rings (SSSR count). The zero-order valence-electron chi connectivity index (χ0n) is 16.3. The number of methoxy groups -OCH3 is 1. The highest BCUT2D eigenvalue weighted by molar-refractivity contribution is 6.04. The standard InChI is InChI=1S/C20H25N3O4/c1-12(2)19(25)23(10-15-8-6-7-9-21-15)11-16(24)17-13(3)18(20(26)27-5)22-14(17)4/h6-9,12,22H,10-11H2,1-5H3. The van der Waals surface area contributed by atoms with Crippen LogP contribution in [0.4, 0.5) is 0 Å². The third kappa shape index (κ3) is 4.61. The van der Waals surface area contributed by atoms with Gasteiger partial charge in [0.2, 0.25) is 5.91 Å². The normalized spacial score (nSPS) is 10.7. The van der Waals surface area contributed by atoms with Gasteiger partial charge in [-0.05, 0) is 31.5 Å². The Morgan fingerprint density at radius 3 is 2.48 bits per heavy atom. The number of pyridine rings is 1. The number of rotatable bonds is 7. The number of carbonyl (C=O) groups excluding carboxylic acids is 3. The average Bonchev–Trinajstić information content (AvgIpc) is 2.94. The van der Waals surface area contributed by atoms with E-state index in [1.165, 1.54) is 12.0 Å². The van der Waals surface area contributed by atoms with E-state index in [0.29, 0.717) is 22.5 Å². The molecule has 7 heteroatoms. The number of hydrogen-bond acceptors (Lipinski definition) is 5. The Morgan fingerprint density at radius 1 is 1.22 bits per heavy atom. The fourth-order valence-electron chi connectivity index (χ4n) is 2.99. The molecular formula is C20H25N3O4. The van der Waals surface area contributed by atoms with Crippen molar-refractivity contribution in [3.05, 3.63) is 52.6 Å². The maximum absolute atomic E-state index is 13.0. The lowest BCUT2D eigenvalue weighted by Crippen LogP contribution is -2.38. The second kappa shape index (κ2) is 8.62. The van der Waals surface area contributed by atoms with Gasteiger partial charge in [-0.15, -0.1) is 0 Å². The van der Waals surface area contributed by atoms with Gasteiger partial charge in [0.05, 0.1) is 25.9 Å². The molecule has 1 amide bonds. The maximum atomic E-state index is 13.0. The summed E-state index contributed by atoms with van der Waals surface area (Å²) in [6.07, 6.45) is 1.65. The van der Waals surface area contributed by atoms with Crippen molar-refractivity contribution in [1.82, 2.24) is 14.9 Å². The monoisotopic (exact) mass is 371 g/mol. The maximum Gasteiger partial charge on any atom is 0.354 e. The van der Waals surface area contributed by atoms with Crippen LogP contribution in [-0.2, 0) is 16.1 Å². The molecule has 0 unspecified atom stereocenters. The Balaban J connectivity index is 2.29. The second-order valence-electron chi connectivity index (χ2n) is 6.71.